The molecule has 2 heterocycles. The second-order valence-electron chi connectivity index (χ2n) is 9.25. The molecule has 3 atom stereocenters. The summed E-state index contributed by atoms with van der Waals surface area (Å²) in [6, 6.07) is 22.1. The minimum atomic E-state index is -3.62. The Hall–Kier alpha value is -2.71. The van der Waals surface area contributed by atoms with Gasteiger partial charge >= 0.3 is 0 Å². The molecule has 0 amide bonds. The zero-order valence-electron chi connectivity index (χ0n) is 19.2. The van der Waals surface area contributed by atoms with Gasteiger partial charge in [0.05, 0.1) is 4.90 Å². The van der Waals surface area contributed by atoms with E-state index in [-0.39, 0.29) is 17.7 Å². The van der Waals surface area contributed by atoms with Crippen molar-refractivity contribution in [3.8, 4) is 16.9 Å². The van der Waals surface area contributed by atoms with Crippen LogP contribution in [0.1, 0.15) is 29.9 Å². The van der Waals surface area contributed by atoms with Gasteiger partial charge in [-0.3, -0.25) is 4.90 Å². The van der Waals surface area contributed by atoms with Crippen molar-refractivity contribution in [1.29, 1.82) is 0 Å². The lowest BCUT2D eigenvalue weighted by Crippen LogP contribution is -2.66. The average molecular weight is 479 g/mol. The summed E-state index contributed by atoms with van der Waals surface area (Å²) < 4.78 is 28.7. The lowest BCUT2D eigenvalue weighted by Gasteiger charge is -2.55. The second kappa shape index (κ2) is 9.15. The van der Waals surface area contributed by atoms with Crippen molar-refractivity contribution in [3.63, 3.8) is 0 Å². The van der Waals surface area contributed by atoms with Crippen LogP contribution in [0.15, 0.2) is 77.7 Å². The number of benzene rings is 3. The standard InChI is InChI=1S/C27H30N2O4S/c1-19-7-2-3-10-25(19)34(32,33)28-15-4-5-16-29-24(18-28)26(27(29)31)21-13-11-20(12-14-21)22-8-6-9-23(30)17-22/h2-3,6-14,17,24,26-27,30-31H,4-5,15-16,18H2,1H3/t24-,26-,27+/m0/s1. The maximum atomic E-state index is 13.5. The summed E-state index contributed by atoms with van der Waals surface area (Å²) in [4.78, 5) is 2.39. The van der Waals surface area contributed by atoms with E-state index in [1.54, 1.807) is 28.6 Å². The molecular formula is C27H30N2O4S. The van der Waals surface area contributed by atoms with Crippen molar-refractivity contribution < 1.29 is 18.6 Å². The van der Waals surface area contributed by atoms with Gasteiger partial charge in [0.25, 0.3) is 0 Å². The molecule has 0 unspecified atom stereocenters. The summed E-state index contributed by atoms with van der Waals surface area (Å²) in [5.74, 6) is 0.0574. The molecule has 0 radical (unpaired) electrons. The van der Waals surface area contributed by atoms with Crippen LogP contribution >= 0.6 is 0 Å². The van der Waals surface area contributed by atoms with Crippen LogP contribution in [0.2, 0.25) is 0 Å². The fourth-order valence-corrected chi connectivity index (χ4v) is 7.01. The molecule has 0 aliphatic carbocycles. The molecule has 5 rings (SSSR count). The Labute approximate surface area is 201 Å². The number of aryl methyl sites for hydroxylation is 1. The van der Waals surface area contributed by atoms with E-state index in [9.17, 15) is 18.6 Å². The van der Waals surface area contributed by atoms with Gasteiger partial charge < -0.3 is 10.2 Å². The molecular weight excluding hydrogens is 448 g/mol. The van der Waals surface area contributed by atoms with Gasteiger partial charge in [0, 0.05) is 31.6 Å². The number of phenolic OH excluding ortho intramolecular Hbond substituents is 1. The number of aromatic hydroxyl groups is 1. The molecule has 34 heavy (non-hydrogen) atoms. The van der Waals surface area contributed by atoms with Crippen molar-refractivity contribution in [2.75, 3.05) is 19.6 Å². The Bertz CT molecular complexity index is 1280. The van der Waals surface area contributed by atoms with Crippen LogP contribution in [0.25, 0.3) is 11.1 Å². The quantitative estimate of drug-likeness (QED) is 0.594. The maximum Gasteiger partial charge on any atom is 0.243 e. The van der Waals surface area contributed by atoms with E-state index in [4.69, 9.17) is 0 Å². The third kappa shape index (κ3) is 4.14. The highest BCUT2D eigenvalue weighted by molar-refractivity contribution is 7.89. The minimum absolute atomic E-state index is 0.0827. The predicted octanol–water partition coefficient (Wildman–Crippen LogP) is 3.94. The highest BCUT2D eigenvalue weighted by atomic mass is 32.2. The summed E-state index contributed by atoms with van der Waals surface area (Å²) in [6.45, 7) is 3.43. The number of hydrogen-bond acceptors (Lipinski definition) is 5. The van der Waals surface area contributed by atoms with Crippen molar-refractivity contribution >= 4 is 10.0 Å². The Kier molecular flexibility index (Phi) is 6.20. The van der Waals surface area contributed by atoms with E-state index in [1.807, 2.05) is 60.4 Å². The fourth-order valence-electron chi connectivity index (χ4n) is 5.29. The Morgan fingerprint density at radius 2 is 1.62 bits per heavy atom. The van der Waals surface area contributed by atoms with E-state index >= 15 is 0 Å². The highest BCUT2D eigenvalue weighted by Gasteiger charge is 2.50. The van der Waals surface area contributed by atoms with E-state index < -0.39 is 16.3 Å². The summed E-state index contributed by atoms with van der Waals surface area (Å²) >= 11 is 0. The van der Waals surface area contributed by atoms with Crippen LogP contribution in [0, 0.1) is 6.92 Å². The molecule has 178 valence electrons. The molecule has 7 heteroatoms. The normalized spacial score (nSPS) is 24.0. The van der Waals surface area contributed by atoms with Gasteiger partial charge in [-0.15, -0.1) is 0 Å². The first kappa shape index (κ1) is 23.1. The molecule has 2 fully saturated rings. The summed E-state index contributed by atoms with van der Waals surface area (Å²) in [6.07, 6.45) is 0.985. The van der Waals surface area contributed by atoms with Crippen LogP contribution in [-0.2, 0) is 10.0 Å². The molecule has 2 N–H and O–H groups in total. The number of phenols is 1. The monoisotopic (exact) mass is 478 g/mol. The van der Waals surface area contributed by atoms with Gasteiger partial charge in [-0.2, -0.15) is 4.31 Å². The third-order valence-electron chi connectivity index (χ3n) is 7.15. The third-order valence-corrected chi connectivity index (χ3v) is 9.18. The number of aliphatic hydroxyl groups excluding tert-OH is 1. The smallest absolute Gasteiger partial charge is 0.243 e. The zero-order chi connectivity index (χ0) is 23.9. The van der Waals surface area contributed by atoms with Crippen LogP contribution in [-0.4, -0.2) is 59.7 Å². The van der Waals surface area contributed by atoms with Crippen LogP contribution in [0.4, 0.5) is 0 Å². The first-order valence-electron chi connectivity index (χ1n) is 11.8. The van der Waals surface area contributed by atoms with Crippen molar-refractivity contribution in [3.05, 3.63) is 83.9 Å². The molecule has 0 bridgehead atoms. The molecule has 2 aliphatic heterocycles. The lowest BCUT2D eigenvalue weighted by molar-refractivity contribution is -0.148. The number of rotatable bonds is 4. The fraction of sp³-hybridized carbons (Fsp3) is 0.333. The van der Waals surface area contributed by atoms with Gasteiger partial charge in [-0.05, 0) is 60.2 Å². The van der Waals surface area contributed by atoms with E-state index in [2.05, 4.69) is 0 Å². The maximum absolute atomic E-state index is 13.5. The van der Waals surface area contributed by atoms with Gasteiger partial charge in [0.15, 0.2) is 0 Å². The molecule has 2 saturated heterocycles. The van der Waals surface area contributed by atoms with Gasteiger partial charge in [-0.1, -0.05) is 54.6 Å². The van der Waals surface area contributed by atoms with Crippen molar-refractivity contribution in [2.45, 2.75) is 42.8 Å². The second-order valence-corrected chi connectivity index (χ2v) is 11.2. The van der Waals surface area contributed by atoms with Crippen molar-refractivity contribution in [2.24, 2.45) is 0 Å². The molecule has 2 aliphatic rings. The largest absolute Gasteiger partial charge is 0.508 e. The first-order valence-corrected chi connectivity index (χ1v) is 13.2. The number of nitrogens with zero attached hydrogens (tertiary/aromatic N) is 2. The highest BCUT2D eigenvalue weighted by Crippen LogP contribution is 2.42. The molecule has 0 aromatic heterocycles. The van der Waals surface area contributed by atoms with E-state index in [0.29, 0.717) is 18.0 Å². The Balaban J connectivity index is 1.41. The van der Waals surface area contributed by atoms with Crippen LogP contribution in [0.5, 0.6) is 5.75 Å². The van der Waals surface area contributed by atoms with E-state index in [1.165, 1.54) is 0 Å². The van der Waals surface area contributed by atoms with Crippen molar-refractivity contribution in [1.82, 2.24) is 9.21 Å². The van der Waals surface area contributed by atoms with Crippen LogP contribution in [0.3, 0.4) is 0 Å². The summed E-state index contributed by atoms with van der Waals surface area (Å²) in [7, 11) is -3.62. The molecule has 0 spiro atoms. The lowest BCUT2D eigenvalue weighted by atomic mass is 9.79. The number of sulfonamides is 1. The van der Waals surface area contributed by atoms with Gasteiger partial charge in [-0.25, -0.2) is 8.42 Å². The number of fused-ring (bicyclic) bond motifs is 1. The summed E-state index contributed by atoms with van der Waals surface area (Å²) in [5, 5.41) is 20.7. The molecule has 3 aromatic rings. The Morgan fingerprint density at radius 1 is 0.882 bits per heavy atom. The molecule has 3 aromatic carbocycles. The zero-order valence-corrected chi connectivity index (χ0v) is 20.0. The number of aliphatic hydroxyl groups is 1. The Morgan fingerprint density at radius 3 is 2.35 bits per heavy atom. The minimum Gasteiger partial charge on any atom is -0.508 e. The molecule has 0 saturated carbocycles. The van der Waals surface area contributed by atoms with E-state index in [0.717, 1.165) is 41.6 Å². The number of hydrogen-bond donors (Lipinski definition) is 2. The summed E-state index contributed by atoms with van der Waals surface area (Å²) in [5.41, 5.74) is 3.64. The average Bonchev–Trinajstić information content (AvgIpc) is 2.81. The van der Waals surface area contributed by atoms with Gasteiger partial charge in [0.2, 0.25) is 10.0 Å². The first-order chi connectivity index (χ1) is 16.4. The molecule has 6 nitrogen and oxygen atoms in total. The topological polar surface area (TPSA) is 81.1 Å². The van der Waals surface area contributed by atoms with Gasteiger partial charge in [0.1, 0.15) is 12.0 Å². The van der Waals surface area contributed by atoms with Crippen LogP contribution < -0.4 is 0 Å². The SMILES string of the molecule is Cc1ccccc1S(=O)(=O)N1CCCCN2[C@H](O)[C@@H](c3ccc(-c4cccc(O)c4)cc3)[C@@H]2C1. The predicted molar refractivity (Wildman–Crippen MR) is 132 cm³/mol.